The summed E-state index contributed by atoms with van der Waals surface area (Å²) in [6.45, 7) is 5.68. The molecule has 6 atom stereocenters. The Hall–Kier alpha value is -3.04. The van der Waals surface area contributed by atoms with Crippen LogP contribution in [0.2, 0.25) is 0 Å². The highest BCUT2D eigenvalue weighted by Gasteiger charge is 2.52. The lowest BCUT2D eigenvalue weighted by Gasteiger charge is -2.37. The van der Waals surface area contributed by atoms with Crippen LogP contribution in [0.1, 0.15) is 82.6 Å². The molecule has 10 heteroatoms. The van der Waals surface area contributed by atoms with Crippen molar-refractivity contribution in [3.05, 3.63) is 24.3 Å². The van der Waals surface area contributed by atoms with E-state index in [0.29, 0.717) is 0 Å². The van der Waals surface area contributed by atoms with Crippen LogP contribution in [0.15, 0.2) is 18.6 Å². The quantitative estimate of drug-likeness (QED) is 0.441. The first-order chi connectivity index (χ1) is 18.1. The van der Waals surface area contributed by atoms with Gasteiger partial charge >= 0.3 is 5.97 Å². The first kappa shape index (κ1) is 28.0. The number of nitrogens with one attached hydrogen (secondary N) is 3. The van der Waals surface area contributed by atoms with Gasteiger partial charge in [-0.1, -0.05) is 40.0 Å². The molecule has 10 nitrogen and oxygen atoms in total. The second kappa shape index (κ2) is 11.8. The van der Waals surface area contributed by atoms with E-state index >= 15 is 0 Å². The Morgan fingerprint density at radius 2 is 1.66 bits per heavy atom. The molecular weight excluding hydrogens is 486 g/mol. The van der Waals surface area contributed by atoms with E-state index in [4.69, 9.17) is 4.74 Å². The van der Waals surface area contributed by atoms with E-state index in [1.54, 1.807) is 0 Å². The van der Waals surface area contributed by atoms with Crippen molar-refractivity contribution in [2.45, 2.75) is 90.3 Å². The van der Waals surface area contributed by atoms with Crippen molar-refractivity contribution in [1.29, 1.82) is 0 Å². The molecule has 2 bridgehead atoms. The fraction of sp³-hybridized carbons (Fsp3) is 0.714. The van der Waals surface area contributed by atoms with Crippen LogP contribution < -0.4 is 16.0 Å². The number of carbonyl (C=O) groups is 4. The zero-order chi connectivity index (χ0) is 27.4. The van der Waals surface area contributed by atoms with Gasteiger partial charge in [-0.2, -0.15) is 0 Å². The third-order valence-electron chi connectivity index (χ3n) is 8.60. The molecule has 0 spiro atoms. The summed E-state index contributed by atoms with van der Waals surface area (Å²) < 4.78 is 5.05. The molecule has 4 rings (SSSR count). The van der Waals surface area contributed by atoms with Gasteiger partial charge in [0.05, 0.1) is 19.2 Å². The number of esters is 1. The summed E-state index contributed by atoms with van der Waals surface area (Å²) in [5, 5.41) is 8.96. The van der Waals surface area contributed by atoms with Crippen molar-refractivity contribution < 1.29 is 23.9 Å². The standard InChI is InChI=1S/C28H41N5O5/c1-28(2,3)23(26(36)31-21-18-11-10-17(14-18)20(21)27(37)38-4)33-25(35)22(16-8-6-5-7-9-16)32-24(34)19-15-29-12-13-30-19/h12-13,15-18,20-23H,5-11,14H2,1-4H3,(H,31,36)(H,32,34)(H,33,35). The van der Waals surface area contributed by atoms with Crippen molar-refractivity contribution in [2.24, 2.45) is 29.1 Å². The van der Waals surface area contributed by atoms with Crippen LogP contribution >= 0.6 is 0 Å². The summed E-state index contributed by atoms with van der Waals surface area (Å²) in [7, 11) is 1.38. The van der Waals surface area contributed by atoms with Crippen LogP contribution in [0.3, 0.4) is 0 Å². The number of methoxy groups -OCH3 is 1. The van der Waals surface area contributed by atoms with E-state index in [2.05, 4.69) is 25.9 Å². The lowest BCUT2D eigenvalue weighted by atomic mass is 9.81. The zero-order valence-electron chi connectivity index (χ0n) is 22.9. The smallest absolute Gasteiger partial charge is 0.311 e. The third-order valence-corrected chi connectivity index (χ3v) is 8.60. The van der Waals surface area contributed by atoms with Crippen molar-refractivity contribution in [1.82, 2.24) is 25.9 Å². The van der Waals surface area contributed by atoms with Crippen LogP contribution in [-0.4, -0.2) is 58.9 Å². The predicted octanol–water partition coefficient (Wildman–Crippen LogP) is 2.39. The van der Waals surface area contributed by atoms with Crippen LogP contribution in [0.5, 0.6) is 0 Å². The third kappa shape index (κ3) is 6.15. The molecule has 3 saturated carbocycles. The molecule has 1 heterocycles. The highest BCUT2D eigenvalue weighted by atomic mass is 16.5. The molecule has 0 saturated heterocycles. The Balaban J connectivity index is 1.51. The Morgan fingerprint density at radius 1 is 0.947 bits per heavy atom. The minimum Gasteiger partial charge on any atom is -0.469 e. The number of amides is 3. The van der Waals surface area contributed by atoms with Crippen LogP contribution in [0.4, 0.5) is 0 Å². The molecular formula is C28H41N5O5. The van der Waals surface area contributed by atoms with Gasteiger partial charge < -0.3 is 20.7 Å². The number of carbonyl (C=O) groups excluding carboxylic acids is 4. The van der Waals surface area contributed by atoms with Crippen molar-refractivity contribution in [2.75, 3.05) is 7.11 Å². The maximum absolute atomic E-state index is 13.7. The number of ether oxygens (including phenoxy) is 1. The van der Waals surface area contributed by atoms with E-state index in [1.807, 2.05) is 20.8 Å². The minimum atomic E-state index is -0.855. The Kier molecular flexibility index (Phi) is 8.67. The summed E-state index contributed by atoms with van der Waals surface area (Å²) in [6, 6.07) is -1.96. The van der Waals surface area contributed by atoms with Crippen molar-refractivity contribution in [3.63, 3.8) is 0 Å². The average molecular weight is 528 g/mol. The Bertz CT molecular complexity index is 1020. The Morgan fingerprint density at radius 3 is 2.29 bits per heavy atom. The molecule has 0 radical (unpaired) electrons. The summed E-state index contributed by atoms with van der Waals surface area (Å²) >= 11 is 0. The van der Waals surface area contributed by atoms with Crippen LogP contribution in [-0.2, 0) is 19.1 Å². The monoisotopic (exact) mass is 527 g/mol. The number of hydrogen-bond acceptors (Lipinski definition) is 7. The molecule has 208 valence electrons. The van der Waals surface area contributed by atoms with E-state index < -0.39 is 23.4 Å². The molecule has 3 amide bonds. The molecule has 3 N–H and O–H groups in total. The fourth-order valence-corrected chi connectivity index (χ4v) is 6.63. The molecule has 1 aromatic heterocycles. The van der Waals surface area contributed by atoms with Gasteiger partial charge in [0, 0.05) is 18.4 Å². The van der Waals surface area contributed by atoms with Crippen molar-refractivity contribution >= 4 is 23.7 Å². The number of nitrogens with zero attached hydrogens (tertiary/aromatic N) is 2. The highest BCUT2D eigenvalue weighted by Crippen LogP contribution is 2.49. The van der Waals surface area contributed by atoms with Crippen molar-refractivity contribution in [3.8, 4) is 0 Å². The summed E-state index contributed by atoms with van der Waals surface area (Å²) in [4.78, 5) is 60.9. The SMILES string of the molecule is COC(=O)C1C2CCC(C2)C1NC(=O)C(NC(=O)C(NC(=O)c1cnccn1)C1CCCCC1)C(C)(C)C. The first-order valence-corrected chi connectivity index (χ1v) is 13.9. The normalized spacial score (nSPS) is 26.7. The van der Waals surface area contributed by atoms with Crippen LogP contribution in [0, 0.1) is 29.1 Å². The second-order valence-electron chi connectivity index (χ2n) is 12.2. The predicted molar refractivity (Wildman–Crippen MR) is 140 cm³/mol. The Labute approximate surface area is 224 Å². The molecule has 0 aromatic carbocycles. The van der Waals surface area contributed by atoms with Gasteiger partial charge in [-0.3, -0.25) is 24.2 Å². The number of fused-ring (bicyclic) bond motifs is 2. The van der Waals surface area contributed by atoms with Gasteiger partial charge in [0.2, 0.25) is 11.8 Å². The number of rotatable bonds is 8. The molecule has 38 heavy (non-hydrogen) atoms. The van der Waals surface area contributed by atoms with Crippen LogP contribution in [0.25, 0.3) is 0 Å². The molecule has 0 aliphatic heterocycles. The minimum absolute atomic E-state index is 0.0395. The first-order valence-electron chi connectivity index (χ1n) is 13.9. The second-order valence-corrected chi connectivity index (χ2v) is 12.2. The molecule has 3 aliphatic carbocycles. The largest absolute Gasteiger partial charge is 0.469 e. The maximum atomic E-state index is 13.7. The van der Waals surface area contributed by atoms with E-state index in [-0.39, 0.29) is 53.2 Å². The number of hydrogen-bond donors (Lipinski definition) is 3. The average Bonchev–Trinajstić information content (AvgIpc) is 3.52. The van der Waals surface area contributed by atoms with E-state index in [1.165, 1.54) is 25.7 Å². The van der Waals surface area contributed by atoms with Gasteiger partial charge in [0.15, 0.2) is 0 Å². The van der Waals surface area contributed by atoms with Gasteiger partial charge in [0.1, 0.15) is 17.8 Å². The zero-order valence-corrected chi connectivity index (χ0v) is 22.9. The molecule has 3 aliphatic rings. The molecule has 1 aromatic rings. The van der Waals surface area contributed by atoms with Gasteiger partial charge in [0.25, 0.3) is 5.91 Å². The van der Waals surface area contributed by atoms with E-state index in [0.717, 1.165) is 51.4 Å². The lowest BCUT2D eigenvalue weighted by Crippen LogP contribution is -2.61. The lowest BCUT2D eigenvalue weighted by molar-refractivity contribution is -0.148. The number of aromatic nitrogens is 2. The molecule has 3 fully saturated rings. The summed E-state index contributed by atoms with van der Waals surface area (Å²) in [5.74, 6) is -1.42. The summed E-state index contributed by atoms with van der Waals surface area (Å²) in [6.07, 6.45) is 11.8. The maximum Gasteiger partial charge on any atom is 0.311 e. The van der Waals surface area contributed by atoms with E-state index in [9.17, 15) is 19.2 Å². The topological polar surface area (TPSA) is 139 Å². The summed E-state index contributed by atoms with van der Waals surface area (Å²) in [5.41, 5.74) is -0.471. The van der Waals surface area contributed by atoms with Gasteiger partial charge in [-0.05, 0) is 55.3 Å². The highest BCUT2D eigenvalue weighted by molar-refractivity contribution is 5.97. The van der Waals surface area contributed by atoms with Gasteiger partial charge in [-0.15, -0.1) is 0 Å². The fourth-order valence-electron chi connectivity index (χ4n) is 6.63. The molecule has 6 unspecified atom stereocenters. The van der Waals surface area contributed by atoms with Gasteiger partial charge in [-0.25, -0.2) is 4.98 Å².